The molecule has 1 aliphatic heterocycles. The summed E-state index contributed by atoms with van der Waals surface area (Å²) in [5, 5.41) is 11.0. The molecule has 0 unspecified atom stereocenters. The van der Waals surface area contributed by atoms with Crippen molar-refractivity contribution in [3.05, 3.63) is 33.9 Å². The van der Waals surface area contributed by atoms with Crippen LogP contribution in [0.1, 0.15) is 31.2 Å². The van der Waals surface area contributed by atoms with E-state index in [2.05, 4.69) is 0 Å². The van der Waals surface area contributed by atoms with Crippen LogP contribution in [0.15, 0.2) is 18.2 Å². The van der Waals surface area contributed by atoms with E-state index in [1.165, 1.54) is 44.8 Å². The van der Waals surface area contributed by atoms with E-state index in [1.54, 1.807) is 17.0 Å². The SMILES string of the molecule is Cc1ccc([N+](=O)[O-])c(OCC[NH+]2CCCCCC2)c1. The molecule has 20 heavy (non-hydrogen) atoms. The standard InChI is InChI=1S/C15H22N2O3/c1-13-6-7-14(17(18)19)15(12-13)20-11-10-16-8-4-2-3-5-9-16/h6-7,12H,2-5,8-11H2,1H3/p+1. The molecule has 0 atom stereocenters. The number of benzene rings is 1. The van der Waals surface area contributed by atoms with E-state index in [1.807, 2.05) is 6.92 Å². The number of quaternary nitrogens is 1. The van der Waals surface area contributed by atoms with Gasteiger partial charge in [-0.15, -0.1) is 0 Å². The average molecular weight is 279 g/mol. The summed E-state index contributed by atoms with van der Waals surface area (Å²) >= 11 is 0. The number of nitrogens with one attached hydrogen (secondary N) is 1. The fourth-order valence-corrected chi connectivity index (χ4v) is 2.67. The third kappa shape index (κ3) is 4.20. The molecule has 1 saturated heterocycles. The lowest BCUT2D eigenvalue weighted by molar-refractivity contribution is -0.899. The molecule has 110 valence electrons. The Kier molecular flexibility index (Phi) is 5.35. The third-order valence-electron chi connectivity index (χ3n) is 3.84. The van der Waals surface area contributed by atoms with Gasteiger partial charge in [-0.3, -0.25) is 10.1 Å². The van der Waals surface area contributed by atoms with E-state index in [-0.39, 0.29) is 10.6 Å². The molecule has 0 aliphatic carbocycles. The predicted molar refractivity (Wildman–Crippen MR) is 77.4 cm³/mol. The maximum absolute atomic E-state index is 11.0. The maximum atomic E-state index is 11.0. The van der Waals surface area contributed by atoms with Gasteiger partial charge in [0.05, 0.1) is 18.0 Å². The van der Waals surface area contributed by atoms with Crippen LogP contribution in [0.3, 0.4) is 0 Å². The van der Waals surface area contributed by atoms with E-state index in [9.17, 15) is 10.1 Å². The zero-order valence-corrected chi connectivity index (χ0v) is 12.1. The van der Waals surface area contributed by atoms with Crippen LogP contribution in [0.5, 0.6) is 5.75 Å². The molecule has 1 heterocycles. The second-order valence-electron chi connectivity index (χ2n) is 5.49. The maximum Gasteiger partial charge on any atom is 0.310 e. The van der Waals surface area contributed by atoms with Crippen molar-refractivity contribution in [2.45, 2.75) is 32.6 Å². The topological polar surface area (TPSA) is 56.8 Å². The number of hydrogen-bond donors (Lipinski definition) is 1. The average Bonchev–Trinajstić information content (AvgIpc) is 2.67. The van der Waals surface area contributed by atoms with Gasteiger partial charge in [0, 0.05) is 6.07 Å². The molecule has 0 saturated carbocycles. The molecular formula is C15H23N2O3+. The number of likely N-dealkylation sites (tertiary alicyclic amines) is 1. The molecule has 1 aromatic carbocycles. The number of hydrogen-bond acceptors (Lipinski definition) is 3. The van der Waals surface area contributed by atoms with Gasteiger partial charge >= 0.3 is 5.69 Å². The summed E-state index contributed by atoms with van der Waals surface area (Å²) in [6, 6.07) is 5.00. The molecule has 0 radical (unpaired) electrons. The van der Waals surface area contributed by atoms with Crippen LogP contribution in [0.25, 0.3) is 0 Å². The van der Waals surface area contributed by atoms with Crippen LogP contribution in [-0.2, 0) is 0 Å². The lowest BCUT2D eigenvalue weighted by atomic mass is 10.2. The van der Waals surface area contributed by atoms with Gasteiger partial charge in [-0.05, 0) is 44.2 Å². The lowest BCUT2D eigenvalue weighted by Crippen LogP contribution is -3.12. The first-order valence-electron chi connectivity index (χ1n) is 7.38. The number of rotatable bonds is 5. The molecule has 1 N–H and O–H groups in total. The highest BCUT2D eigenvalue weighted by Gasteiger charge is 2.16. The minimum absolute atomic E-state index is 0.0569. The van der Waals surface area contributed by atoms with E-state index in [4.69, 9.17) is 4.74 Å². The van der Waals surface area contributed by atoms with Crippen molar-refractivity contribution in [1.29, 1.82) is 0 Å². The molecule has 1 aromatic rings. The van der Waals surface area contributed by atoms with Gasteiger partial charge in [0.2, 0.25) is 0 Å². The number of nitrogens with zero attached hydrogens (tertiary/aromatic N) is 1. The van der Waals surface area contributed by atoms with Crippen molar-refractivity contribution in [1.82, 2.24) is 0 Å². The zero-order chi connectivity index (χ0) is 14.4. The van der Waals surface area contributed by atoms with Crippen LogP contribution in [-0.4, -0.2) is 31.2 Å². The quantitative estimate of drug-likeness (QED) is 0.660. The summed E-state index contributed by atoms with van der Waals surface area (Å²) in [6.07, 6.45) is 5.21. The molecule has 0 bridgehead atoms. The normalized spacial score (nSPS) is 16.6. The lowest BCUT2D eigenvalue weighted by Gasteiger charge is -2.17. The molecular weight excluding hydrogens is 256 g/mol. The van der Waals surface area contributed by atoms with Crippen LogP contribution in [0.4, 0.5) is 5.69 Å². The number of nitro groups is 1. The highest BCUT2D eigenvalue weighted by molar-refractivity contribution is 5.48. The molecule has 0 aromatic heterocycles. The fraction of sp³-hybridized carbons (Fsp3) is 0.600. The number of nitro benzene ring substituents is 1. The van der Waals surface area contributed by atoms with E-state index in [0.717, 1.165) is 12.1 Å². The Morgan fingerprint density at radius 3 is 2.60 bits per heavy atom. The first kappa shape index (κ1) is 14.8. The third-order valence-corrected chi connectivity index (χ3v) is 3.84. The van der Waals surface area contributed by atoms with Crippen LogP contribution >= 0.6 is 0 Å². The van der Waals surface area contributed by atoms with Gasteiger partial charge in [-0.1, -0.05) is 6.07 Å². The number of aryl methyl sites for hydroxylation is 1. The smallest absolute Gasteiger partial charge is 0.310 e. The zero-order valence-electron chi connectivity index (χ0n) is 12.1. The predicted octanol–water partition coefficient (Wildman–Crippen LogP) is 1.74. The summed E-state index contributed by atoms with van der Waals surface area (Å²) < 4.78 is 5.66. The van der Waals surface area contributed by atoms with Crippen molar-refractivity contribution < 1.29 is 14.6 Å². The van der Waals surface area contributed by atoms with Crippen molar-refractivity contribution >= 4 is 5.69 Å². The summed E-state index contributed by atoms with van der Waals surface area (Å²) in [5.41, 5.74) is 1.04. The summed E-state index contributed by atoms with van der Waals surface area (Å²) in [5.74, 6) is 0.393. The second kappa shape index (κ2) is 7.24. The largest absolute Gasteiger partial charge is 0.481 e. The monoisotopic (exact) mass is 279 g/mol. The Labute approximate surface area is 119 Å². The van der Waals surface area contributed by atoms with Crippen LogP contribution < -0.4 is 9.64 Å². The van der Waals surface area contributed by atoms with Crippen molar-refractivity contribution in [2.24, 2.45) is 0 Å². The molecule has 0 spiro atoms. The van der Waals surface area contributed by atoms with Crippen LogP contribution in [0, 0.1) is 17.0 Å². The van der Waals surface area contributed by atoms with Gasteiger partial charge in [0.1, 0.15) is 13.2 Å². The minimum Gasteiger partial charge on any atom is -0.481 e. The number of ether oxygens (including phenoxy) is 1. The van der Waals surface area contributed by atoms with Crippen molar-refractivity contribution in [2.75, 3.05) is 26.2 Å². The molecule has 1 fully saturated rings. The molecule has 1 aliphatic rings. The first-order valence-corrected chi connectivity index (χ1v) is 7.38. The molecule has 5 heteroatoms. The Morgan fingerprint density at radius 2 is 1.95 bits per heavy atom. The molecule has 2 rings (SSSR count). The van der Waals surface area contributed by atoms with E-state index in [0.29, 0.717) is 12.4 Å². The fourth-order valence-electron chi connectivity index (χ4n) is 2.67. The molecule has 5 nitrogen and oxygen atoms in total. The summed E-state index contributed by atoms with van der Waals surface area (Å²) in [6.45, 7) is 5.76. The second-order valence-corrected chi connectivity index (χ2v) is 5.49. The first-order chi connectivity index (χ1) is 9.66. The summed E-state index contributed by atoms with van der Waals surface area (Å²) in [4.78, 5) is 12.1. The Balaban J connectivity index is 1.89. The van der Waals surface area contributed by atoms with Gasteiger partial charge in [0.15, 0.2) is 5.75 Å². The van der Waals surface area contributed by atoms with Crippen LogP contribution in [0.2, 0.25) is 0 Å². The van der Waals surface area contributed by atoms with Gasteiger partial charge in [0.25, 0.3) is 0 Å². The highest BCUT2D eigenvalue weighted by atomic mass is 16.6. The van der Waals surface area contributed by atoms with Crippen molar-refractivity contribution in [3.8, 4) is 5.75 Å². The molecule has 0 amide bonds. The Morgan fingerprint density at radius 1 is 1.25 bits per heavy atom. The minimum atomic E-state index is -0.381. The van der Waals surface area contributed by atoms with E-state index >= 15 is 0 Å². The van der Waals surface area contributed by atoms with Gasteiger partial charge < -0.3 is 9.64 Å². The Bertz CT molecular complexity index is 454. The van der Waals surface area contributed by atoms with Gasteiger partial charge in [-0.25, -0.2) is 0 Å². The van der Waals surface area contributed by atoms with E-state index < -0.39 is 0 Å². The van der Waals surface area contributed by atoms with Crippen molar-refractivity contribution in [3.63, 3.8) is 0 Å². The van der Waals surface area contributed by atoms with Gasteiger partial charge in [-0.2, -0.15) is 0 Å². The summed E-state index contributed by atoms with van der Waals surface area (Å²) in [7, 11) is 0. The Hall–Kier alpha value is -1.62. The highest BCUT2D eigenvalue weighted by Crippen LogP contribution is 2.27.